The number of carbonyl (C=O) groups is 2. The predicted molar refractivity (Wildman–Crippen MR) is 78.3 cm³/mol. The van der Waals surface area contributed by atoms with Gasteiger partial charge in [-0.25, -0.2) is 4.79 Å². The van der Waals surface area contributed by atoms with E-state index >= 15 is 0 Å². The number of hydrogen-bond acceptors (Lipinski definition) is 4. The molecule has 2 rings (SSSR count). The number of nitrogens with zero attached hydrogens (tertiary/aromatic N) is 1. The molecule has 1 amide bonds. The van der Waals surface area contributed by atoms with Gasteiger partial charge in [0.1, 0.15) is 6.23 Å². The quantitative estimate of drug-likeness (QED) is 0.590. The van der Waals surface area contributed by atoms with Crippen LogP contribution in [0.25, 0.3) is 0 Å². The second kappa shape index (κ2) is 4.98. The van der Waals surface area contributed by atoms with Gasteiger partial charge in [-0.2, -0.15) is 0 Å². The van der Waals surface area contributed by atoms with Crippen LogP contribution in [0.2, 0.25) is 0 Å². The van der Waals surface area contributed by atoms with Crippen molar-refractivity contribution in [1.82, 2.24) is 4.90 Å². The van der Waals surface area contributed by atoms with Crippen LogP contribution in [0.1, 0.15) is 34.1 Å². The van der Waals surface area contributed by atoms with Crippen LogP contribution < -0.4 is 0 Å². The number of esters is 1. The summed E-state index contributed by atoms with van der Waals surface area (Å²) in [5, 5.41) is 0. The zero-order chi connectivity index (χ0) is 16.0. The average Bonchev–Trinajstić information content (AvgIpc) is 2.90. The van der Waals surface area contributed by atoms with Crippen LogP contribution in [0.3, 0.4) is 0 Å². The second-order valence-corrected chi connectivity index (χ2v) is 6.65. The molecule has 21 heavy (non-hydrogen) atoms. The van der Waals surface area contributed by atoms with Crippen molar-refractivity contribution in [3.05, 3.63) is 23.8 Å². The van der Waals surface area contributed by atoms with Crippen molar-refractivity contribution >= 4 is 11.9 Å². The molecular formula is C16H23NO4. The minimum absolute atomic E-state index is 0.139. The lowest BCUT2D eigenvalue weighted by Gasteiger charge is -2.37. The lowest BCUT2D eigenvalue weighted by molar-refractivity contribution is -0.157. The molecule has 0 aromatic heterocycles. The fourth-order valence-corrected chi connectivity index (χ4v) is 3.17. The summed E-state index contributed by atoms with van der Waals surface area (Å²) in [4.78, 5) is 26.8. The molecule has 5 heteroatoms. The number of allylic oxidation sites excluding steroid dienone is 1. The molecule has 2 aliphatic heterocycles. The Hall–Kier alpha value is -1.62. The van der Waals surface area contributed by atoms with E-state index in [1.165, 1.54) is 7.11 Å². The van der Waals surface area contributed by atoms with Crippen molar-refractivity contribution in [2.45, 2.75) is 45.9 Å². The normalized spacial score (nSPS) is 28.9. The highest BCUT2D eigenvalue weighted by Gasteiger charge is 2.64. The largest absolute Gasteiger partial charge is 0.467 e. The Kier molecular flexibility index (Phi) is 3.74. The fraction of sp³-hybridized carbons (Fsp3) is 0.625. The van der Waals surface area contributed by atoms with Crippen LogP contribution in [0.4, 0.5) is 0 Å². The molecule has 5 nitrogen and oxygen atoms in total. The molecule has 0 aromatic rings. The Morgan fingerprint density at radius 1 is 1.57 bits per heavy atom. The van der Waals surface area contributed by atoms with Gasteiger partial charge in [0.2, 0.25) is 0 Å². The van der Waals surface area contributed by atoms with E-state index in [2.05, 4.69) is 6.58 Å². The molecule has 2 atom stereocenters. The summed E-state index contributed by atoms with van der Waals surface area (Å²) in [6.45, 7) is 11.6. The standard InChI is InChI=1S/C16H23NO4/c1-7-8-11-10(2)16(14(19)20-6)9-21-13(15(3,4)5)17(16)12(11)18/h7,13H,1,8-9H2,2-6H3/t13-,16-/m1/s1. The number of amides is 1. The van der Waals surface area contributed by atoms with E-state index in [-0.39, 0.29) is 17.9 Å². The fourth-order valence-electron chi connectivity index (χ4n) is 3.17. The van der Waals surface area contributed by atoms with Crippen LogP contribution in [0, 0.1) is 5.41 Å². The highest BCUT2D eigenvalue weighted by Crippen LogP contribution is 2.47. The molecule has 0 N–H and O–H groups in total. The van der Waals surface area contributed by atoms with Crippen LogP contribution >= 0.6 is 0 Å². The van der Waals surface area contributed by atoms with Gasteiger partial charge in [0.25, 0.3) is 5.91 Å². The SMILES string of the molecule is C=CCC1=C(C)[C@@]2(C(=O)OC)CO[C@H](C(C)(C)C)N2C1=O. The van der Waals surface area contributed by atoms with Crippen molar-refractivity contribution in [3.8, 4) is 0 Å². The Labute approximate surface area is 125 Å². The van der Waals surface area contributed by atoms with E-state index in [9.17, 15) is 9.59 Å². The molecule has 0 aromatic carbocycles. The van der Waals surface area contributed by atoms with Gasteiger partial charge in [0.05, 0.1) is 13.7 Å². The molecule has 0 aliphatic carbocycles. The third-order valence-electron chi connectivity index (χ3n) is 4.26. The minimum atomic E-state index is -1.12. The van der Waals surface area contributed by atoms with E-state index in [1.54, 1.807) is 11.0 Å². The first-order valence-electron chi connectivity index (χ1n) is 7.06. The van der Waals surface area contributed by atoms with Gasteiger partial charge < -0.3 is 9.47 Å². The first-order chi connectivity index (χ1) is 9.71. The number of ether oxygens (including phenoxy) is 2. The predicted octanol–water partition coefficient (Wildman–Crippen LogP) is 2.04. The molecule has 1 fully saturated rings. The van der Waals surface area contributed by atoms with Gasteiger partial charge >= 0.3 is 5.97 Å². The summed E-state index contributed by atoms with van der Waals surface area (Å²) in [6, 6.07) is 0. The van der Waals surface area contributed by atoms with E-state index < -0.39 is 17.7 Å². The summed E-state index contributed by atoms with van der Waals surface area (Å²) < 4.78 is 10.8. The van der Waals surface area contributed by atoms with Gasteiger partial charge in [-0.3, -0.25) is 9.69 Å². The summed E-state index contributed by atoms with van der Waals surface area (Å²) in [5.41, 5.74) is -0.0868. The Morgan fingerprint density at radius 2 is 2.19 bits per heavy atom. The number of fused-ring (bicyclic) bond motifs is 1. The summed E-state index contributed by atoms with van der Waals surface area (Å²) in [6.07, 6.45) is 1.66. The first-order valence-corrected chi connectivity index (χ1v) is 7.06. The number of carbonyl (C=O) groups excluding carboxylic acids is 2. The van der Waals surface area contributed by atoms with Crippen LogP contribution in [-0.4, -0.2) is 42.3 Å². The number of methoxy groups -OCH3 is 1. The average molecular weight is 293 g/mol. The van der Waals surface area contributed by atoms with Gasteiger partial charge in [0.15, 0.2) is 5.54 Å². The third-order valence-corrected chi connectivity index (χ3v) is 4.26. The van der Waals surface area contributed by atoms with Gasteiger partial charge in [-0.15, -0.1) is 6.58 Å². The van der Waals surface area contributed by atoms with Crippen LogP contribution in [-0.2, 0) is 19.1 Å². The molecule has 1 saturated heterocycles. The van der Waals surface area contributed by atoms with E-state index in [0.717, 1.165) is 0 Å². The van der Waals surface area contributed by atoms with E-state index in [1.807, 2.05) is 27.7 Å². The maximum atomic E-state index is 12.8. The molecular weight excluding hydrogens is 270 g/mol. The van der Waals surface area contributed by atoms with Crippen LogP contribution in [0.5, 0.6) is 0 Å². The summed E-state index contributed by atoms with van der Waals surface area (Å²) in [5.74, 6) is -0.602. The molecule has 0 bridgehead atoms. The van der Waals surface area contributed by atoms with Gasteiger partial charge in [-0.1, -0.05) is 26.8 Å². The Bertz CT molecular complexity index is 529. The van der Waals surface area contributed by atoms with Crippen molar-refractivity contribution in [3.63, 3.8) is 0 Å². The zero-order valence-electron chi connectivity index (χ0n) is 13.4. The third kappa shape index (κ3) is 2.02. The lowest BCUT2D eigenvalue weighted by atomic mass is 9.89. The molecule has 0 saturated carbocycles. The number of hydrogen-bond donors (Lipinski definition) is 0. The monoisotopic (exact) mass is 293 g/mol. The molecule has 0 unspecified atom stereocenters. The van der Waals surface area contributed by atoms with E-state index in [0.29, 0.717) is 17.6 Å². The van der Waals surface area contributed by atoms with Gasteiger partial charge in [0, 0.05) is 11.0 Å². The highest BCUT2D eigenvalue weighted by molar-refractivity contribution is 6.06. The van der Waals surface area contributed by atoms with Crippen molar-refractivity contribution in [2.75, 3.05) is 13.7 Å². The summed E-state index contributed by atoms with van der Waals surface area (Å²) >= 11 is 0. The lowest BCUT2D eigenvalue weighted by Crippen LogP contribution is -2.56. The molecule has 0 spiro atoms. The summed E-state index contributed by atoms with van der Waals surface area (Å²) in [7, 11) is 1.34. The van der Waals surface area contributed by atoms with Crippen molar-refractivity contribution in [1.29, 1.82) is 0 Å². The molecule has 2 aliphatic rings. The van der Waals surface area contributed by atoms with Crippen LogP contribution in [0.15, 0.2) is 23.8 Å². The van der Waals surface area contributed by atoms with Gasteiger partial charge in [-0.05, 0) is 18.9 Å². The smallest absolute Gasteiger partial charge is 0.338 e. The minimum Gasteiger partial charge on any atom is -0.467 e. The maximum Gasteiger partial charge on any atom is 0.338 e. The number of rotatable bonds is 3. The molecule has 116 valence electrons. The highest BCUT2D eigenvalue weighted by atomic mass is 16.6. The zero-order valence-corrected chi connectivity index (χ0v) is 13.4. The Morgan fingerprint density at radius 3 is 2.67 bits per heavy atom. The molecule has 0 radical (unpaired) electrons. The maximum absolute atomic E-state index is 12.8. The molecule has 2 heterocycles. The second-order valence-electron chi connectivity index (χ2n) is 6.65. The van der Waals surface area contributed by atoms with E-state index in [4.69, 9.17) is 9.47 Å². The van der Waals surface area contributed by atoms with Crippen molar-refractivity contribution in [2.24, 2.45) is 5.41 Å². The topological polar surface area (TPSA) is 55.8 Å². The Balaban J connectivity index is 2.58. The van der Waals surface area contributed by atoms with Crippen molar-refractivity contribution < 1.29 is 19.1 Å². The first kappa shape index (κ1) is 15.8.